The maximum absolute atomic E-state index is 9.03. The molecule has 0 fully saturated rings. The smallest absolute Gasteiger partial charge is 0.128 e. The van der Waals surface area contributed by atoms with Crippen molar-refractivity contribution >= 4 is 16.5 Å². The molecule has 2 rings (SSSR count). The van der Waals surface area contributed by atoms with Gasteiger partial charge in [0.25, 0.3) is 0 Å². The van der Waals surface area contributed by atoms with Crippen molar-refractivity contribution in [2.45, 2.75) is 26.8 Å². The molecule has 0 aliphatic rings. The molecule has 17 heavy (non-hydrogen) atoms. The van der Waals surface area contributed by atoms with Gasteiger partial charge in [0.05, 0.1) is 11.7 Å². The van der Waals surface area contributed by atoms with E-state index in [0.717, 1.165) is 22.2 Å². The van der Waals surface area contributed by atoms with Gasteiger partial charge in [-0.2, -0.15) is 9.64 Å². The molecule has 4 nitrogen and oxygen atoms in total. The zero-order valence-electron chi connectivity index (χ0n) is 9.94. The molecule has 1 unspecified atom stereocenters. The van der Waals surface area contributed by atoms with E-state index >= 15 is 0 Å². The first-order valence-corrected chi connectivity index (χ1v) is 6.08. The van der Waals surface area contributed by atoms with Gasteiger partial charge < -0.3 is 9.73 Å². The Morgan fingerprint density at radius 3 is 2.82 bits per heavy atom. The summed E-state index contributed by atoms with van der Waals surface area (Å²) in [5.74, 6) is 1.74. The number of aryl methyl sites for hydroxylation is 2. The molecule has 0 saturated carbocycles. The van der Waals surface area contributed by atoms with Gasteiger partial charge in [0.2, 0.25) is 0 Å². The van der Waals surface area contributed by atoms with Crippen LogP contribution < -0.4 is 5.32 Å². The Morgan fingerprint density at radius 1 is 1.47 bits per heavy atom. The summed E-state index contributed by atoms with van der Waals surface area (Å²) in [6.45, 7) is 5.74. The summed E-state index contributed by atoms with van der Waals surface area (Å²) >= 11 is 1.31. The van der Waals surface area contributed by atoms with Crippen LogP contribution in [0, 0.1) is 25.2 Å². The van der Waals surface area contributed by atoms with Crippen molar-refractivity contribution < 1.29 is 4.42 Å². The highest BCUT2D eigenvalue weighted by molar-refractivity contribution is 7.10. The molecule has 0 aromatic carbocycles. The number of nitriles is 1. The summed E-state index contributed by atoms with van der Waals surface area (Å²) < 4.78 is 9.70. The number of hydrogen-bond acceptors (Lipinski definition) is 5. The molecule has 0 radical (unpaired) electrons. The predicted octanol–water partition coefficient (Wildman–Crippen LogP) is 3.40. The number of anilines is 1. The monoisotopic (exact) mass is 247 g/mol. The summed E-state index contributed by atoms with van der Waals surface area (Å²) in [5, 5.41) is 13.1. The molecule has 2 heterocycles. The fourth-order valence-corrected chi connectivity index (χ4v) is 2.39. The van der Waals surface area contributed by atoms with E-state index in [2.05, 4.69) is 15.8 Å². The van der Waals surface area contributed by atoms with Crippen LogP contribution in [0.4, 0.5) is 5.00 Å². The van der Waals surface area contributed by atoms with E-state index < -0.39 is 0 Å². The molecule has 5 heteroatoms. The highest BCUT2D eigenvalue weighted by atomic mass is 32.1. The molecule has 88 valence electrons. The Morgan fingerprint density at radius 2 is 2.24 bits per heavy atom. The topological polar surface area (TPSA) is 61.9 Å². The summed E-state index contributed by atoms with van der Waals surface area (Å²) in [6, 6.07) is 6.05. The summed E-state index contributed by atoms with van der Waals surface area (Å²) in [7, 11) is 0. The Bertz CT molecular complexity index is 565. The first kappa shape index (κ1) is 11.7. The predicted molar refractivity (Wildman–Crippen MR) is 67.0 cm³/mol. The summed E-state index contributed by atoms with van der Waals surface area (Å²) in [6.07, 6.45) is 0. The molecule has 0 amide bonds. The Hall–Kier alpha value is -1.80. The lowest BCUT2D eigenvalue weighted by Gasteiger charge is -2.10. The second-order valence-corrected chi connectivity index (χ2v) is 4.67. The van der Waals surface area contributed by atoms with E-state index in [9.17, 15) is 0 Å². The minimum absolute atomic E-state index is 0.0237. The Labute approximate surface area is 104 Å². The van der Waals surface area contributed by atoms with Crippen molar-refractivity contribution in [1.82, 2.24) is 4.37 Å². The average molecular weight is 247 g/mol. The molecular weight excluding hydrogens is 234 g/mol. The van der Waals surface area contributed by atoms with Gasteiger partial charge in [-0.3, -0.25) is 0 Å². The van der Waals surface area contributed by atoms with Crippen molar-refractivity contribution in [1.29, 1.82) is 5.26 Å². The third kappa shape index (κ3) is 2.32. The van der Waals surface area contributed by atoms with E-state index in [0.29, 0.717) is 5.56 Å². The SMILES string of the molecule is Cc1ccc(C(C)Nc2snc(C)c2C#N)o1. The number of aromatic nitrogens is 1. The maximum Gasteiger partial charge on any atom is 0.128 e. The number of nitrogens with zero attached hydrogens (tertiary/aromatic N) is 2. The fourth-order valence-electron chi connectivity index (χ4n) is 1.55. The van der Waals surface area contributed by atoms with Crippen LogP contribution in [-0.4, -0.2) is 4.37 Å². The quantitative estimate of drug-likeness (QED) is 0.903. The second kappa shape index (κ2) is 4.60. The number of hydrogen-bond donors (Lipinski definition) is 1. The van der Waals surface area contributed by atoms with Gasteiger partial charge in [-0.15, -0.1) is 0 Å². The number of rotatable bonds is 3. The third-order valence-corrected chi connectivity index (χ3v) is 3.38. The van der Waals surface area contributed by atoms with Gasteiger partial charge in [-0.1, -0.05) is 0 Å². The summed E-state index contributed by atoms with van der Waals surface area (Å²) in [4.78, 5) is 0. The van der Waals surface area contributed by atoms with Crippen molar-refractivity contribution in [2.24, 2.45) is 0 Å². The molecule has 1 N–H and O–H groups in total. The highest BCUT2D eigenvalue weighted by Gasteiger charge is 2.15. The minimum atomic E-state index is 0.0237. The first-order chi connectivity index (χ1) is 8.11. The van der Waals surface area contributed by atoms with E-state index in [4.69, 9.17) is 9.68 Å². The normalized spacial score (nSPS) is 12.1. The summed E-state index contributed by atoms with van der Waals surface area (Å²) in [5.41, 5.74) is 1.38. The van der Waals surface area contributed by atoms with Gasteiger partial charge in [-0.25, -0.2) is 0 Å². The van der Waals surface area contributed by atoms with Gasteiger partial charge in [0.1, 0.15) is 28.2 Å². The second-order valence-electron chi connectivity index (χ2n) is 3.90. The van der Waals surface area contributed by atoms with Gasteiger partial charge >= 0.3 is 0 Å². The van der Waals surface area contributed by atoms with E-state index in [-0.39, 0.29) is 6.04 Å². The van der Waals surface area contributed by atoms with Crippen LogP contribution in [0.3, 0.4) is 0 Å². The number of furan rings is 1. The molecule has 1 atom stereocenters. The van der Waals surface area contributed by atoms with Crippen LogP contribution >= 0.6 is 11.5 Å². The minimum Gasteiger partial charge on any atom is -0.464 e. The zero-order valence-corrected chi connectivity index (χ0v) is 10.8. The fraction of sp³-hybridized carbons (Fsp3) is 0.333. The molecule has 0 spiro atoms. The molecule has 0 bridgehead atoms. The zero-order chi connectivity index (χ0) is 12.4. The Kier molecular flexibility index (Phi) is 3.16. The average Bonchev–Trinajstić information content (AvgIpc) is 2.86. The van der Waals surface area contributed by atoms with Crippen molar-refractivity contribution in [2.75, 3.05) is 5.32 Å². The Balaban J connectivity index is 2.19. The van der Waals surface area contributed by atoms with E-state index in [1.54, 1.807) is 0 Å². The molecule has 2 aromatic rings. The molecule has 0 aliphatic heterocycles. The van der Waals surface area contributed by atoms with Crippen LogP contribution in [-0.2, 0) is 0 Å². The van der Waals surface area contributed by atoms with Crippen LogP contribution in [0.15, 0.2) is 16.5 Å². The number of nitrogens with one attached hydrogen (secondary N) is 1. The molecular formula is C12H13N3OS. The van der Waals surface area contributed by atoms with Crippen LogP contribution in [0.2, 0.25) is 0 Å². The first-order valence-electron chi connectivity index (χ1n) is 5.31. The van der Waals surface area contributed by atoms with Crippen molar-refractivity contribution in [3.8, 4) is 6.07 Å². The van der Waals surface area contributed by atoms with Crippen LogP contribution in [0.1, 0.15) is 35.7 Å². The van der Waals surface area contributed by atoms with Crippen molar-refractivity contribution in [3.63, 3.8) is 0 Å². The third-order valence-electron chi connectivity index (χ3n) is 2.51. The van der Waals surface area contributed by atoms with E-state index in [1.807, 2.05) is 32.9 Å². The van der Waals surface area contributed by atoms with Crippen LogP contribution in [0.25, 0.3) is 0 Å². The lowest BCUT2D eigenvalue weighted by Crippen LogP contribution is -2.05. The standard InChI is InChI=1S/C12H13N3OS/c1-7-4-5-11(16-7)9(3)14-12-10(6-13)8(2)15-17-12/h4-5,9,14H,1-3H3. The maximum atomic E-state index is 9.03. The molecule has 2 aromatic heterocycles. The highest BCUT2D eigenvalue weighted by Crippen LogP contribution is 2.28. The van der Waals surface area contributed by atoms with E-state index in [1.165, 1.54) is 11.5 Å². The lowest BCUT2D eigenvalue weighted by atomic mass is 10.2. The van der Waals surface area contributed by atoms with Crippen molar-refractivity contribution in [3.05, 3.63) is 34.9 Å². The largest absolute Gasteiger partial charge is 0.464 e. The lowest BCUT2D eigenvalue weighted by molar-refractivity contribution is 0.467. The van der Waals surface area contributed by atoms with Gasteiger partial charge in [-0.05, 0) is 44.4 Å². The van der Waals surface area contributed by atoms with Crippen LogP contribution in [0.5, 0.6) is 0 Å². The molecule has 0 aliphatic carbocycles. The van der Waals surface area contributed by atoms with Gasteiger partial charge in [0.15, 0.2) is 0 Å². The molecule has 0 saturated heterocycles. The van der Waals surface area contributed by atoms with Gasteiger partial charge in [0, 0.05) is 0 Å².